The summed E-state index contributed by atoms with van der Waals surface area (Å²) in [6, 6.07) is 0. The lowest BCUT2D eigenvalue weighted by Crippen LogP contribution is -2.37. The average molecular weight is 161 g/mol. The van der Waals surface area contributed by atoms with Gasteiger partial charge in [0.05, 0.1) is 0 Å². The SMILES string of the molecule is FC1(F)CCCC12CCNC2. The molecule has 0 aromatic carbocycles. The zero-order valence-electron chi connectivity index (χ0n) is 6.50. The average Bonchev–Trinajstić information content (AvgIpc) is 2.45. The lowest BCUT2D eigenvalue weighted by molar-refractivity contribution is -0.0886. The first-order valence-corrected chi connectivity index (χ1v) is 4.25. The third-order valence-corrected chi connectivity index (χ3v) is 3.17. The molecule has 1 aliphatic heterocycles. The van der Waals surface area contributed by atoms with E-state index in [1.54, 1.807) is 0 Å². The Labute approximate surface area is 65.2 Å². The minimum absolute atomic E-state index is 0.106. The zero-order chi connectivity index (χ0) is 7.95. The van der Waals surface area contributed by atoms with Crippen molar-refractivity contribution in [3.05, 3.63) is 0 Å². The summed E-state index contributed by atoms with van der Waals surface area (Å²) in [5.41, 5.74) is -0.660. The molecule has 0 aromatic heterocycles. The van der Waals surface area contributed by atoms with Gasteiger partial charge in [0.1, 0.15) is 0 Å². The van der Waals surface area contributed by atoms with Crippen molar-refractivity contribution < 1.29 is 8.78 Å². The van der Waals surface area contributed by atoms with E-state index in [0.717, 1.165) is 6.54 Å². The molecule has 64 valence electrons. The van der Waals surface area contributed by atoms with Crippen molar-refractivity contribution in [1.82, 2.24) is 5.32 Å². The van der Waals surface area contributed by atoms with Crippen LogP contribution in [0.5, 0.6) is 0 Å². The highest BCUT2D eigenvalue weighted by atomic mass is 19.3. The van der Waals surface area contributed by atoms with E-state index < -0.39 is 11.3 Å². The molecule has 1 atom stereocenters. The van der Waals surface area contributed by atoms with Gasteiger partial charge in [-0.05, 0) is 25.8 Å². The summed E-state index contributed by atoms with van der Waals surface area (Å²) in [5.74, 6) is -2.39. The Balaban J connectivity index is 2.22. The van der Waals surface area contributed by atoms with Crippen LogP contribution in [0, 0.1) is 5.41 Å². The van der Waals surface area contributed by atoms with Crippen LogP contribution in [0.4, 0.5) is 8.78 Å². The maximum Gasteiger partial charge on any atom is 0.254 e. The quantitative estimate of drug-likeness (QED) is 0.571. The summed E-state index contributed by atoms with van der Waals surface area (Å²) < 4.78 is 26.5. The molecule has 2 rings (SSSR count). The summed E-state index contributed by atoms with van der Waals surface area (Å²) in [5, 5.41) is 3.03. The number of halogens is 2. The van der Waals surface area contributed by atoms with Crippen molar-refractivity contribution in [2.45, 2.75) is 31.6 Å². The minimum atomic E-state index is -2.39. The fraction of sp³-hybridized carbons (Fsp3) is 1.00. The zero-order valence-corrected chi connectivity index (χ0v) is 6.50. The monoisotopic (exact) mass is 161 g/mol. The van der Waals surface area contributed by atoms with Crippen LogP contribution in [0.3, 0.4) is 0 Å². The molecule has 0 radical (unpaired) electrons. The highest BCUT2D eigenvalue weighted by Crippen LogP contribution is 2.53. The molecule has 1 aliphatic carbocycles. The second-order valence-electron chi connectivity index (χ2n) is 3.77. The predicted molar refractivity (Wildman–Crippen MR) is 38.7 cm³/mol. The number of nitrogens with one attached hydrogen (secondary N) is 1. The lowest BCUT2D eigenvalue weighted by atomic mass is 9.83. The van der Waals surface area contributed by atoms with Crippen LogP contribution in [-0.4, -0.2) is 19.0 Å². The van der Waals surface area contributed by atoms with Crippen LogP contribution in [0.25, 0.3) is 0 Å². The van der Waals surface area contributed by atoms with Gasteiger partial charge in [-0.2, -0.15) is 0 Å². The van der Waals surface area contributed by atoms with Crippen molar-refractivity contribution in [3.8, 4) is 0 Å². The van der Waals surface area contributed by atoms with Crippen molar-refractivity contribution in [1.29, 1.82) is 0 Å². The van der Waals surface area contributed by atoms with Gasteiger partial charge in [-0.25, -0.2) is 8.78 Å². The third kappa shape index (κ3) is 0.901. The fourth-order valence-electron chi connectivity index (χ4n) is 2.37. The predicted octanol–water partition coefficient (Wildman–Crippen LogP) is 1.79. The highest BCUT2D eigenvalue weighted by molar-refractivity contribution is 5.02. The smallest absolute Gasteiger partial charge is 0.254 e. The van der Waals surface area contributed by atoms with Gasteiger partial charge >= 0.3 is 0 Å². The third-order valence-electron chi connectivity index (χ3n) is 3.17. The van der Waals surface area contributed by atoms with Crippen LogP contribution in [0.15, 0.2) is 0 Å². The molecule has 1 spiro atoms. The van der Waals surface area contributed by atoms with Gasteiger partial charge in [0.25, 0.3) is 5.92 Å². The summed E-state index contributed by atoms with van der Waals surface area (Å²) >= 11 is 0. The molecular formula is C8H13F2N. The molecule has 1 heterocycles. The van der Waals surface area contributed by atoms with Crippen LogP contribution in [0.2, 0.25) is 0 Å². The van der Waals surface area contributed by atoms with Gasteiger partial charge in [0, 0.05) is 18.4 Å². The van der Waals surface area contributed by atoms with E-state index >= 15 is 0 Å². The van der Waals surface area contributed by atoms with Gasteiger partial charge in [-0.1, -0.05) is 0 Å². The summed E-state index contributed by atoms with van der Waals surface area (Å²) in [4.78, 5) is 0. The lowest BCUT2D eigenvalue weighted by Gasteiger charge is -2.29. The Morgan fingerprint density at radius 2 is 1.91 bits per heavy atom. The van der Waals surface area contributed by atoms with Crippen molar-refractivity contribution in [2.24, 2.45) is 5.41 Å². The van der Waals surface area contributed by atoms with Gasteiger partial charge in [-0.15, -0.1) is 0 Å². The number of hydrogen-bond donors (Lipinski definition) is 1. The fourth-order valence-corrected chi connectivity index (χ4v) is 2.37. The molecular weight excluding hydrogens is 148 g/mol. The Hall–Kier alpha value is -0.180. The molecule has 0 aromatic rings. The van der Waals surface area contributed by atoms with Crippen LogP contribution < -0.4 is 5.32 Å². The number of hydrogen-bond acceptors (Lipinski definition) is 1. The molecule has 1 N–H and O–H groups in total. The maximum atomic E-state index is 13.3. The standard InChI is InChI=1S/C8H13F2N/c9-8(10)3-1-2-7(8)4-5-11-6-7/h11H,1-6H2. The topological polar surface area (TPSA) is 12.0 Å². The largest absolute Gasteiger partial charge is 0.316 e. The molecule has 0 bridgehead atoms. The van der Waals surface area contributed by atoms with Crippen molar-refractivity contribution in [3.63, 3.8) is 0 Å². The van der Waals surface area contributed by atoms with E-state index in [2.05, 4.69) is 5.32 Å². The molecule has 2 fully saturated rings. The molecule has 1 nitrogen and oxygen atoms in total. The molecule has 1 saturated carbocycles. The van der Waals surface area contributed by atoms with E-state index in [-0.39, 0.29) is 6.42 Å². The summed E-state index contributed by atoms with van der Waals surface area (Å²) in [6.07, 6.45) is 2.19. The normalized spacial score (nSPS) is 42.0. The van der Waals surface area contributed by atoms with E-state index in [1.165, 1.54) is 0 Å². The van der Waals surface area contributed by atoms with E-state index in [9.17, 15) is 8.78 Å². The second kappa shape index (κ2) is 2.16. The Morgan fingerprint density at radius 1 is 1.09 bits per heavy atom. The second-order valence-corrected chi connectivity index (χ2v) is 3.77. The van der Waals surface area contributed by atoms with Crippen LogP contribution in [-0.2, 0) is 0 Å². The van der Waals surface area contributed by atoms with Crippen LogP contribution >= 0.6 is 0 Å². The first kappa shape index (κ1) is 7.47. The molecule has 2 aliphatic rings. The van der Waals surface area contributed by atoms with E-state index in [4.69, 9.17) is 0 Å². The minimum Gasteiger partial charge on any atom is -0.316 e. The van der Waals surface area contributed by atoms with E-state index in [1.807, 2.05) is 0 Å². The van der Waals surface area contributed by atoms with Crippen molar-refractivity contribution >= 4 is 0 Å². The van der Waals surface area contributed by atoms with E-state index in [0.29, 0.717) is 25.8 Å². The van der Waals surface area contributed by atoms with Crippen molar-refractivity contribution in [2.75, 3.05) is 13.1 Å². The summed E-state index contributed by atoms with van der Waals surface area (Å²) in [7, 11) is 0. The molecule has 1 unspecified atom stereocenters. The molecule has 3 heteroatoms. The Bertz CT molecular complexity index is 156. The Morgan fingerprint density at radius 3 is 2.36 bits per heavy atom. The van der Waals surface area contributed by atoms with Gasteiger partial charge < -0.3 is 5.32 Å². The molecule has 1 saturated heterocycles. The summed E-state index contributed by atoms with van der Waals surface area (Å²) in [6.45, 7) is 1.30. The molecule has 11 heavy (non-hydrogen) atoms. The first-order valence-electron chi connectivity index (χ1n) is 4.25. The van der Waals surface area contributed by atoms with Gasteiger partial charge in [-0.3, -0.25) is 0 Å². The number of alkyl halides is 2. The maximum absolute atomic E-state index is 13.3. The van der Waals surface area contributed by atoms with Crippen LogP contribution in [0.1, 0.15) is 25.7 Å². The Kier molecular flexibility index (Phi) is 1.46. The highest BCUT2D eigenvalue weighted by Gasteiger charge is 2.57. The van der Waals surface area contributed by atoms with Gasteiger partial charge in [0.15, 0.2) is 0 Å². The van der Waals surface area contributed by atoms with Gasteiger partial charge in [0.2, 0.25) is 0 Å². The first-order chi connectivity index (χ1) is 5.16. The molecule has 0 amide bonds. The number of rotatable bonds is 0.